The maximum absolute atomic E-state index is 11.1. The maximum Gasteiger partial charge on any atom is 0.338 e. The first-order chi connectivity index (χ1) is 7.08. The highest BCUT2D eigenvalue weighted by atomic mass is 16.6. The molecule has 0 aliphatic carbocycles. The molecule has 7 heteroatoms. The van der Waals surface area contributed by atoms with Crippen LogP contribution in [-0.4, -0.2) is 18.0 Å². The molecule has 0 unspecified atom stereocenters. The van der Waals surface area contributed by atoms with Crippen LogP contribution in [0.1, 0.15) is 10.4 Å². The minimum absolute atomic E-state index is 0.0196. The van der Waals surface area contributed by atoms with Gasteiger partial charge in [0.15, 0.2) is 0 Å². The van der Waals surface area contributed by atoms with E-state index in [1.807, 2.05) is 0 Å². The van der Waals surface area contributed by atoms with E-state index in [1.54, 1.807) is 0 Å². The van der Waals surface area contributed by atoms with Gasteiger partial charge in [-0.3, -0.25) is 10.1 Å². The molecule has 0 radical (unpaired) electrons. The number of nitro benzene ring substituents is 1. The highest BCUT2D eigenvalue weighted by Crippen LogP contribution is 2.18. The van der Waals surface area contributed by atoms with Crippen LogP contribution in [0, 0.1) is 15.3 Å². The Labute approximate surface area is 84.4 Å². The summed E-state index contributed by atoms with van der Waals surface area (Å²) in [6.45, 7) is 0. The van der Waals surface area contributed by atoms with Gasteiger partial charge in [0, 0.05) is 12.1 Å². The molecule has 1 rings (SSSR count). The van der Waals surface area contributed by atoms with Crippen LogP contribution >= 0.6 is 0 Å². The van der Waals surface area contributed by atoms with E-state index in [1.165, 1.54) is 6.07 Å². The SMILES string of the molecule is COC(=O)c1cc([NH2+][O-])cc([N+](=O)[O-])c1. The Morgan fingerprint density at radius 2 is 2.13 bits per heavy atom. The standard InChI is InChI=1S/C8H8N2O5/c1-15-8(11)5-2-6(9-12)4-7(3-5)10(13)14/h2-4H,9H2,1H3. The highest BCUT2D eigenvalue weighted by Gasteiger charge is 2.15. The average molecular weight is 212 g/mol. The van der Waals surface area contributed by atoms with E-state index in [0.717, 1.165) is 19.2 Å². The maximum atomic E-state index is 11.1. The number of benzene rings is 1. The Morgan fingerprint density at radius 1 is 1.47 bits per heavy atom. The van der Waals surface area contributed by atoms with Crippen molar-refractivity contribution < 1.29 is 19.9 Å². The van der Waals surface area contributed by atoms with E-state index in [-0.39, 0.29) is 16.9 Å². The number of quaternary nitrogens is 1. The number of nitrogens with two attached hydrogens (primary N) is 1. The third-order valence-corrected chi connectivity index (χ3v) is 1.71. The lowest BCUT2D eigenvalue weighted by molar-refractivity contribution is -0.497. The van der Waals surface area contributed by atoms with E-state index in [0.29, 0.717) is 5.48 Å². The predicted molar refractivity (Wildman–Crippen MR) is 49.4 cm³/mol. The fraction of sp³-hybridized carbons (Fsp3) is 0.125. The second kappa shape index (κ2) is 4.49. The Balaban J connectivity index is 3.23. The predicted octanol–water partition coefficient (Wildman–Crippen LogP) is 0.0741. The molecule has 0 heterocycles. The van der Waals surface area contributed by atoms with Gasteiger partial charge in [0.2, 0.25) is 0 Å². The second-order valence-corrected chi connectivity index (χ2v) is 2.68. The number of nitrogens with zero attached hydrogens (tertiary/aromatic N) is 1. The van der Waals surface area contributed by atoms with Crippen molar-refractivity contribution in [2.75, 3.05) is 7.11 Å². The van der Waals surface area contributed by atoms with Gasteiger partial charge in [-0.15, -0.1) is 0 Å². The van der Waals surface area contributed by atoms with E-state index in [9.17, 15) is 20.1 Å². The fourth-order valence-corrected chi connectivity index (χ4v) is 1.04. The summed E-state index contributed by atoms with van der Waals surface area (Å²) in [5.41, 5.74) is 0.151. The first-order valence-electron chi connectivity index (χ1n) is 3.91. The minimum Gasteiger partial charge on any atom is -0.630 e. The molecule has 0 bridgehead atoms. The molecule has 0 amide bonds. The van der Waals surface area contributed by atoms with Crippen LogP contribution in [0.15, 0.2) is 18.2 Å². The number of ether oxygens (including phenoxy) is 1. The number of nitro groups is 1. The third kappa shape index (κ3) is 2.48. The summed E-state index contributed by atoms with van der Waals surface area (Å²) in [5.74, 6) is -0.721. The monoisotopic (exact) mass is 212 g/mol. The first-order valence-corrected chi connectivity index (χ1v) is 3.91. The minimum atomic E-state index is -0.721. The lowest BCUT2D eigenvalue weighted by Gasteiger charge is -2.03. The Hall–Kier alpha value is -1.99. The lowest BCUT2D eigenvalue weighted by Crippen LogP contribution is -2.70. The van der Waals surface area contributed by atoms with Gasteiger partial charge in [-0.25, -0.2) is 4.79 Å². The lowest BCUT2D eigenvalue weighted by atomic mass is 10.2. The van der Waals surface area contributed by atoms with Crippen molar-refractivity contribution in [2.24, 2.45) is 0 Å². The number of esters is 1. The zero-order valence-electron chi connectivity index (χ0n) is 7.80. The number of methoxy groups -OCH3 is 1. The van der Waals surface area contributed by atoms with Gasteiger partial charge in [-0.2, -0.15) is 0 Å². The van der Waals surface area contributed by atoms with Gasteiger partial charge in [0.05, 0.1) is 23.7 Å². The van der Waals surface area contributed by atoms with Crippen molar-refractivity contribution >= 4 is 17.3 Å². The molecule has 15 heavy (non-hydrogen) atoms. The van der Waals surface area contributed by atoms with Crippen LogP contribution in [0.3, 0.4) is 0 Å². The quantitative estimate of drug-likeness (QED) is 0.330. The van der Waals surface area contributed by atoms with Crippen LogP contribution < -0.4 is 5.48 Å². The van der Waals surface area contributed by atoms with E-state index in [2.05, 4.69) is 4.74 Å². The smallest absolute Gasteiger partial charge is 0.338 e. The summed E-state index contributed by atoms with van der Waals surface area (Å²) in [6, 6.07) is 3.37. The zero-order valence-corrected chi connectivity index (χ0v) is 7.80. The number of rotatable bonds is 3. The number of carbonyl (C=O) groups is 1. The number of hydrogen-bond acceptors (Lipinski definition) is 5. The van der Waals surface area contributed by atoms with Gasteiger partial charge >= 0.3 is 5.97 Å². The van der Waals surface area contributed by atoms with Crippen LogP contribution in [0.5, 0.6) is 0 Å². The normalized spacial score (nSPS) is 9.73. The van der Waals surface area contributed by atoms with Crippen molar-refractivity contribution in [1.82, 2.24) is 0 Å². The van der Waals surface area contributed by atoms with Crippen molar-refractivity contribution in [1.29, 1.82) is 0 Å². The molecule has 0 saturated heterocycles. The van der Waals surface area contributed by atoms with E-state index < -0.39 is 10.9 Å². The second-order valence-electron chi connectivity index (χ2n) is 2.68. The first kappa shape index (κ1) is 11.1. The largest absolute Gasteiger partial charge is 0.630 e. The van der Waals surface area contributed by atoms with E-state index in [4.69, 9.17) is 0 Å². The molecular formula is C8H8N2O5. The Morgan fingerprint density at radius 3 is 2.60 bits per heavy atom. The molecule has 0 aliphatic heterocycles. The number of non-ortho nitro benzene ring substituents is 1. The summed E-state index contributed by atoms with van der Waals surface area (Å²) in [6.07, 6.45) is 0. The molecule has 1 aromatic carbocycles. The molecule has 1 aromatic rings. The van der Waals surface area contributed by atoms with Crippen molar-refractivity contribution in [3.05, 3.63) is 39.1 Å². The molecule has 0 atom stereocenters. The molecule has 0 saturated carbocycles. The molecule has 0 fully saturated rings. The summed E-state index contributed by atoms with van der Waals surface area (Å²) in [7, 11) is 1.15. The average Bonchev–Trinajstić information content (AvgIpc) is 2.27. The molecule has 2 N–H and O–H groups in total. The Kier molecular flexibility index (Phi) is 3.32. The van der Waals surface area contributed by atoms with Crippen molar-refractivity contribution in [3.63, 3.8) is 0 Å². The van der Waals surface area contributed by atoms with Gasteiger partial charge in [-0.1, -0.05) is 0 Å². The van der Waals surface area contributed by atoms with Crippen LogP contribution in [-0.2, 0) is 4.74 Å². The van der Waals surface area contributed by atoms with E-state index >= 15 is 0 Å². The molecule has 0 aromatic heterocycles. The number of hydrogen-bond donors (Lipinski definition) is 1. The van der Waals surface area contributed by atoms with Crippen molar-refractivity contribution in [2.45, 2.75) is 0 Å². The molecular weight excluding hydrogens is 204 g/mol. The third-order valence-electron chi connectivity index (χ3n) is 1.71. The zero-order chi connectivity index (χ0) is 11.4. The van der Waals surface area contributed by atoms with Crippen molar-refractivity contribution in [3.8, 4) is 0 Å². The van der Waals surface area contributed by atoms with Gasteiger partial charge in [-0.05, 0) is 0 Å². The van der Waals surface area contributed by atoms with Crippen LogP contribution in [0.4, 0.5) is 11.4 Å². The summed E-state index contributed by atoms with van der Waals surface area (Å²) >= 11 is 0. The van der Waals surface area contributed by atoms with Gasteiger partial charge in [0.25, 0.3) is 5.69 Å². The number of carbonyl (C=O) groups excluding carboxylic acids is 1. The summed E-state index contributed by atoms with van der Waals surface area (Å²) in [5, 5.41) is 20.9. The molecule has 0 spiro atoms. The van der Waals surface area contributed by atoms with Gasteiger partial charge in [0.1, 0.15) is 5.69 Å². The highest BCUT2D eigenvalue weighted by molar-refractivity contribution is 5.90. The van der Waals surface area contributed by atoms with Crippen LogP contribution in [0.25, 0.3) is 0 Å². The molecule has 0 aliphatic rings. The summed E-state index contributed by atoms with van der Waals surface area (Å²) < 4.78 is 4.39. The Bertz CT molecular complexity index is 404. The fourth-order valence-electron chi connectivity index (χ4n) is 1.04. The van der Waals surface area contributed by atoms with Gasteiger partial charge < -0.3 is 15.4 Å². The molecule has 80 valence electrons. The topological polar surface area (TPSA) is 109 Å². The summed E-state index contributed by atoms with van der Waals surface area (Å²) in [4.78, 5) is 20.9. The van der Waals surface area contributed by atoms with Crippen LogP contribution in [0.2, 0.25) is 0 Å². The molecule has 7 nitrogen and oxygen atoms in total.